The van der Waals surface area contributed by atoms with Crippen LogP contribution in [0.5, 0.6) is 0 Å². The van der Waals surface area contributed by atoms with Crippen LogP contribution in [0, 0.1) is 19.8 Å². The number of fused-ring (bicyclic) bond motifs is 1. The highest BCUT2D eigenvalue weighted by molar-refractivity contribution is 5.95. The minimum absolute atomic E-state index is 0.120. The van der Waals surface area contributed by atoms with Gasteiger partial charge in [-0.3, -0.25) is 14.5 Å². The summed E-state index contributed by atoms with van der Waals surface area (Å²) in [4.78, 5) is 39.6. The smallest absolute Gasteiger partial charge is 0.228 e. The molecule has 0 unspecified atom stereocenters. The molecule has 3 heterocycles. The summed E-state index contributed by atoms with van der Waals surface area (Å²) in [6.45, 7) is 9.67. The van der Waals surface area contributed by atoms with Crippen LogP contribution in [-0.4, -0.2) is 39.8 Å². The molecular weight excluding hydrogens is 400 g/mol. The van der Waals surface area contributed by atoms with Crippen LogP contribution in [0.3, 0.4) is 0 Å². The molecule has 2 aromatic rings. The number of piperidine rings is 1. The average molecular weight is 435 g/mol. The van der Waals surface area contributed by atoms with Crippen molar-refractivity contribution in [1.82, 2.24) is 14.9 Å². The van der Waals surface area contributed by atoms with E-state index in [4.69, 9.17) is 9.97 Å². The molecule has 1 fully saturated rings. The van der Waals surface area contributed by atoms with E-state index >= 15 is 0 Å². The van der Waals surface area contributed by atoms with E-state index in [1.807, 2.05) is 41.8 Å². The fourth-order valence-electron chi connectivity index (χ4n) is 4.90. The minimum atomic E-state index is -0.136. The van der Waals surface area contributed by atoms with E-state index in [-0.39, 0.29) is 17.9 Å². The van der Waals surface area contributed by atoms with Crippen molar-refractivity contribution in [1.29, 1.82) is 0 Å². The lowest BCUT2D eigenvalue weighted by Crippen LogP contribution is -2.42. The van der Waals surface area contributed by atoms with Crippen LogP contribution < -0.4 is 4.90 Å². The van der Waals surface area contributed by atoms with Crippen LogP contribution in [0.15, 0.2) is 24.3 Å². The van der Waals surface area contributed by atoms with Gasteiger partial charge in [0.2, 0.25) is 11.8 Å². The van der Waals surface area contributed by atoms with Crippen LogP contribution in [0.2, 0.25) is 0 Å². The lowest BCUT2D eigenvalue weighted by Gasteiger charge is -2.36. The highest BCUT2D eigenvalue weighted by atomic mass is 16.2. The molecule has 6 heteroatoms. The number of amides is 2. The molecule has 0 aliphatic carbocycles. The Hall–Kier alpha value is -2.76. The third kappa shape index (κ3) is 4.69. The van der Waals surface area contributed by atoms with Crippen molar-refractivity contribution in [2.45, 2.75) is 72.3 Å². The maximum absolute atomic E-state index is 13.3. The molecular formula is C26H34N4O2. The van der Waals surface area contributed by atoms with E-state index in [1.54, 1.807) is 0 Å². The molecule has 1 atom stereocenters. The quantitative estimate of drug-likeness (QED) is 0.703. The zero-order valence-electron chi connectivity index (χ0n) is 19.7. The predicted octanol–water partition coefficient (Wildman–Crippen LogP) is 4.32. The summed E-state index contributed by atoms with van der Waals surface area (Å²) >= 11 is 0. The molecule has 32 heavy (non-hydrogen) atoms. The van der Waals surface area contributed by atoms with Gasteiger partial charge >= 0.3 is 0 Å². The van der Waals surface area contributed by atoms with Gasteiger partial charge in [0.15, 0.2) is 5.82 Å². The molecule has 1 aromatic carbocycles. The zero-order valence-corrected chi connectivity index (χ0v) is 19.7. The number of hydrogen-bond donors (Lipinski definition) is 0. The van der Waals surface area contributed by atoms with Gasteiger partial charge in [0.25, 0.3) is 0 Å². The van der Waals surface area contributed by atoms with E-state index in [9.17, 15) is 9.59 Å². The summed E-state index contributed by atoms with van der Waals surface area (Å²) in [5.41, 5.74) is 4.20. The van der Waals surface area contributed by atoms with Crippen molar-refractivity contribution in [3.63, 3.8) is 0 Å². The minimum Gasteiger partial charge on any atom is -0.332 e. The molecule has 0 bridgehead atoms. The Morgan fingerprint density at radius 1 is 1.16 bits per heavy atom. The Balaban J connectivity index is 1.65. The molecule has 0 N–H and O–H groups in total. The van der Waals surface area contributed by atoms with Gasteiger partial charge in [-0.2, -0.15) is 0 Å². The van der Waals surface area contributed by atoms with Crippen LogP contribution in [-0.2, 0) is 22.4 Å². The number of hydrogen-bond acceptors (Lipinski definition) is 4. The number of likely N-dealkylation sites (tertiary alicyclic amines) is 1. The fourth-order valence-corrected chi connectivity index (χ4v) is 4.90. The molecule has 4 rings (SSSR count). The van der Waals surface area contributed by atoms with Gasteiger partial charge in [-0.25, -0.2) is 9.97 Å². The number of aromatic nitrogens is 2. The maximum Gasteiger partial charge on any atom is 0.228 e. The summed E-state index contributed by atoms with van der Waals surface area (Å²) < 4.78 is 0. The summed E-state index contributed by atoms with van der Waals surface area (Å²) in [5.74, 6) is 2.04. The predicted molar refractivity (Wildman–Crippen MR) is 125 cm³/mol. The molecule has 0 saturated carbocycles. The largest absolute Gasteiger partial charge is 0.332 e. The van der Waals surface area contributed by atoms with Gasteiger partial charge < -0.3 is 4.90 Å². The Labute approximate surface area is 191 Å². The topological polar surface area (TPSA) is 66.4 Å². The maximum atomic E-state index is 13.3. The van der Waals surface area contributed by atoms with Crippen molar-refractivity contribution in [3.05, 3.63) is 52.5 Å². The summed E-state index contributed by atoms with van der Waals surface area (Å²) in [6, 6.07) is 8.00. The van der Waals surface area contributed by atoms with Crippen LogP contribution in [0.1, 0.15) is 73.8 Å². The van der Waals surface area contributed by atoms with Crippen LogP contribution >= 0.6 is 0 Å². The van der Waals surface area contributed by atoms with Gasteiger partial charge in [-0.15, -0.1) is 0 Å². The van der Waals surface area contributed by atoms with E-state index in [2.05, 4.69) is 19.9 Å². The second-order valence-corrected chi connectivity index (χ2v) is 9.63. The highest BCUT2D eigenvalue weighted by Gasteiger charge is 2.34. The van der Waals surface area contributed by atoms with E-state index in [0.29, 0.717) is 37.5 Å². The number of rotatable bonds is 5. The Morgan fingerprint density at radius 2 is 1.97 bits per heavy atom. The Kier molecular flexibility index (Phi) is 6.58. The van der Waals surface area contributed by atoms with Gasteiger partial charge in [-0.1, -0.05) is 43.7 Å². The Morgan fingerprint density at radius 3 is 2.72 bits per heavy atom. The van der Waals surface area contributed by atoms with Gasteiger partial charge in [0.1, 0.15) is 5.82 Å². The molecule has 0 spiro atoms. The Bertz CT molecular complexity index is 1020. The number of benzene rings is 1. The highest BCUT2D eigenvalue weighted by Crippen LogP contribution is 2.34. The molecule has 2 aliphatic heterocycles. The molecule has 1 saturated heterocycles. The standard InChI is InChI=1S/C26H34N4O2/c1-17(2)16-30-23(31)12-11-21-19(4)27-25(28-26(21)30)22-10-5-6-13-29(22)24(32)15-20-9-7-8-18(3)14-20/h7-9,14,17,22H,5-6,10-13,15-16H2,1-4H3/t22-/m0/s1. The third-order valence-electron chi connectivity index (χ3n) is 6.46. The van der Waals surface area contributed by atoms with Crippen molar-refractivity contribution in [2.75, 3.05) is 18.0 Å². The second kappa shape index (κ2) is 9.39. The first-order valence-electron chi connectivity index (χ1n) is 11.9. The van der Waals surface area contributed by atoms with Gasteiger partial charge in [0.05, 0.1) is 12.5 Å². The lowest BCUT2D eigenvalue weighted by atomic mass is 9.98. The number of nitrogens with zero attached hydrogens (tertiary/aromatic N) is 4. The van der Waals surface area contributed by atoms with E-state index in [1.165, 1.54) is 0 Å². The molecule has 2 amide bonds. The molecule has 2 aliphatic rings. The van der Waals surface area contributed by atoms with E-state index in [0.717, 1.165) is 54.0 Å². The first-order chi connectivity index (χ1) is 15.3. The molecule has 6 nitrogen and oxygen atoms in total. The summed E-state index contributed by atoms with van der Waals surface area (Å²) in [6.07, 6.45) is 4.49. The van der Waals surface area contributed by atoms with Gasteiger partial charge in [0, 0.05) is 30.8 Å². The van der Waals surface area contributed by atoms with Crippen molar-refractivity contribution in [3.8, 4) is 0 Å². The first kappa shape index (κ1) is 22.4. The molecule has 0 radical (unpaired) electrons. The third-order valence-corrected chi connectivity index (χ3v) is 6.46. The first-order valence-corrected chi connectivity index (χ1v) is 11.9. The van der Waals surface area contributed by atoms with Gasteiger partial charge in [-0.05, 0) is 51.0 Å². The number of aryl methyl sites for hydroxylation is 2. The van der Waals surface area contributed by atoms with Crippen LogP contribution in [0.4, 0.5) is 5.82 Å². The summed E-state index contributed by atoms with van der Waals surface area (Å²) in [5, 5.41) is 0. The van der Waals surface area contributed by atoms with Crippen molar-refractivity contribution in [2.24, 2.45) is 5.92 Å². The number of anilines is 1. The van der Waals surface area contributed by atoms with Crippen molar-refractivity contribution < 1.29 is 9.59 Å². The zero-order chi connectivity index (χ0) is 22.8. The molecule has 170 valence electrons. The lowest BCUT2D eigenvalue weighted by molar-refractivity contribution is -0.134. The number of carbonyl (C=O) groups is 2. The summed E-state index contributed by atoms with van der Waals surface area (Å²) in [7, 11) is 0. The monoisotopic (exact) mass is 434 g/mol. The van der Waals surface area contributed by atoms with Crippen LogP contribution in [0.25, 0.3) is 0 Å². The second-order valence-electron chi connectivity index (χ2n) is 9.63. The van der Waals surface area contributed by atoms with E-state index < -0.39 is 0 Å². The normalized spacial score (nSPS) is 18.8. The SMILES string of the molecule is Cc1cccc(CC(=O)N2CCCC[C@H]2c2nc(C)c3c(n2)N(CC(C)C)C(=O)CC3)c1. The fraction of sp³-hybridized carbons (Fsp3) is 0.538. The average Bonchev–Trinajstić information content (AvgIpc) is 2.75. The number of carbonyl (C=O) groups excluding carboxylic acids is 2. The molecule has 1 aromatic heterocycles. The van der Waals surface area contributed by atoms with Crippen molar-refractivity contribution >= 4 is 17.6 Å².